The Kier molecular flexibility index (Phi) is 6.29. The zero-order valence-corrected chi connectivity index (χ0v) is 19.9. The molecule has 1 aliphatic rings. The van der Waals surface area contributed by atoms with Crippen LogP contribution in [-0.2, 0) is 15.9 Å². The summed E-state index contributed by atoms with van der Waals surface area (Å²) in [5.41, 5.74) is 1.34. The van der Waals surface area contributed by atoms with Crippen LogP contribution in [0.1, 0.15) is 11.3 Å². The molecule has 4 aromatic rings. The smallest absolute Gasteiger partial charge is 0.409 e. The predicted molar refractivity (Wildman–Crippen MR) is 126 cm³/mol. The molecule has 0 radical (unpaired) electrons. The Morgan fingerprint density at radius 2 is 2.05 bits per heavy atom. The van der Waals surface area contributed by atoms with Crippen LogP contribution in [0.4, 0.5) is 19.3 Å². The Morgan fingerprint density at radius 3 is 2.73 bits per heavy atom. The van der Waals surface area contributed by atoms with Gasteiger partial charge in [0, 0.05) is 31.3 Å². The molecule has 11 nitrogen and oxygen atoms in total. The molecule has 1 amide bonds. The first-order chi connectivity index (χ1) is 17.7. The molecule has 1 saturated heterocycles. The number of methoxy groups -OCH3 is 1. The monoisotopic (exact) mass is 512 g/mol. The molecule has 0 aliphatic carbocycles. The molecule has 192 valence electrons. The van der Waals surface area contributed by atoms with Crippen LogP contribution in [0.2, 0.25) is 0 Å². The Morgan fingerprint density at radius 1 is 1.30 bits per heavy atom. The summed E-state index contributed by atoms with van der Waals surface area (Å²) in [7, 11) is 1.30. The number of hydrogen-bond donors (Lipinski definition) is 0. The second kappa shape index (κ2) is 9.58. The van der Waals surface area contributed by atoms with Gasteiger partial charge in [0.25, 0.3) is 0 Å². The van der Waals surface area contributed by atoms with Crippen LogP contribution in [0.25, 0.3) is 22.6 Å². The van der Waals surface area contributed by atoms with Gasteiger partial charge in [0.2, 0.25) is 0 Å². The van der Waals surface area contributed by atoms with Crippen molar-refractivity contribution in [3.63, 3.8) is 0 Å². The van der Waals surface area contributed by atoms with Crippen molar-refractivity contribution in [2.24, 2.45) is 0 Å². The Balaban J connectivity index is 1.57. The van der Waals surface area contributed by atoms with Crippen LogP contribution < -0.4 is 0 Å². The minimum absolute atomic E-state index is 0.0163. The van der Waals surface area contributed by atoms with E-state index in [1.54, 1.807) is 16.7 Å². The van der Waals surface area contributed by atoms with Gasteiger partial charge >= 0.3 is 11.8 Å². The number of amides is 1. The molecule has 1 fully saturated rings. The lowest BCUT2D eigenvalue weighted by Gasteiger charge is -2.32. The van der Waals surface area contributed by atoms with Gasteiger partial charge in [-0.05, 0) is 24.6 Å². The number of imidazole rings is 1. The number of pyridine rings is 1. The van der Waals surface area contributed by atoms with E-state index in [0.717, 1.165) is 34.8 Å². The number of hydrogen-bond acceptors (Lipinski definition) is 7. The van der Waals surface area contributed by atoms with E-state index < -0.39 is 28.8 Å². The maximum Gasteiger partial charge on any atom is 0.409 e. The average Bonchev–Trinajstić information content (AvgIpc) is 3.49. The van der Waals surface area contributed by atoms with Crippen molar-refractivity contribution in [1.82, 2.24) is 24.1 Å². The molecule has 1 aromatic carbocycles. The van der Waals surface area contributed by atoms with Crippen LogP contribution in [-0.4, -0.2) is 68.0 Å². The summed E-state index contributed by atoms with van der Waals surface area (Å²) in [4.78, 5) is 28.4. The van der Waals surface area contributed by atoms with E-state index in [1.807, 2.05) is 13.0 Å². The first-order valence-electron chi connectivity index (χ1n) is 11.4. The lowest BCUT2D eigenvalue weighted by molar-refractivity contribution is -0.384. The van der Waals surface area contributed by atoms with E-state index in [1.165, 1.54) is 12.0 Å². The molecule has 1 unspecified atom stereocenters. The molecule has 37 heavy (non-hydrogen) atoms. The fourth-order valence-electron chi connectivity index (χ4n) is 4.41. The SMILES string of the molecule is COC(=O)N1CCOC(Cc2c(-c3c(F)cc(-n4cc([N+](=O)[O-])cn4)cc3F)nc3cc(C)ccn23)C1. The van der Waals surface area contributed by atoms with Crippen molar-refractivity contribution in [2.45, 2.75) is 19.4 Å². The van der Waals surface area contributed by atoms with Crippen molar-refractivity contribution in [3.8, 4) is 16.9 Å². The van der Waals surface area contributed by atoms with E-state index in [-0.39, 0.29) is 35.6 Å². The molecule has 0 N–H and O–H groups in total. The van der Waals surface area contributed by atoms with Gasteiger partial charge in [-0.2, -0.15) is 5.10 Å². The van der Waals surface area contributed by atoms with Gasteiger partial charge in [-0.25, -0.2) is 23.2 Å². The number of morpholine rings is 1. The van der Waals surface area contributed by atoms with Crippen LogP contribution in [0, 0.1) is 28.7 Å². The predicted octanol–water partition coefficient (Wildman–Crippen LogP) is 3.69. The van der Waals surface area contributed by atoms with Crippen molar-refractivity contribution < 1.29 is 28.0 Å². The summed E-state index contributed by atoms with van der Waals surface area (Å²) in [5, 5.41) is 14.8. The Labute approximate surface area is 209 Å². The number of nitro groups is 1. The number of carbonyl (C=O) groups is 1. The highest BCUT2D eigenvalue weighted by atomic mass is 19.1. The van der Waals surface area contributed by atoms with Gasteiger partial charge in [-0.15, -0.1) is 0 Å². The molecular weight excluding hydrogens is 490 g/mol. The number of ether oxygens (including phenoxy) is 2. The highest BCUT2D eigenvalue weighted by Gasteiger charge is 2.29. The van der Waals surface area contributed by atoms with Crippen LogP contribution in [0.15, 0.2) is 42.9 Å². The fourth-order valence-corrected chi connectivity index (χ4v) is 4.41. The first-order valence-corrected chi connectivity index (χ1v) is 11.4. The molecule has 0 bridgehead atoms. The van der Waals surface area contributed by atoms with E-state index in [4.69, 9.17) is 9.47 Å². The molecule has 0 spiro atoms. The van der Waals surface area contributed by atoms with Gasteiger partial charge in [0.05, 0.1) is 53.9 Å². The number of benzene rings is 1. The highest BCUT2D eigenvalue weighted by molar-refractivity contribution is 5.70. The quantitative estimate of drug-likeness (QED) is 0.296. The van der Waals surface area contributed by atoms with Gasteiger partial charge < -0.3 is 18.8 Å². The number of carbonyl (C=O) groups excluding carboxylic acids is 1. The molecule has 13 heteroatoms. The van der Waals surface area contributed by atoms with Crippen LogP contribution in [0.3, 0.4) is 0 Å². The van der Waals surface area contributed by atoms with Gasteiger partial charge in [-0.1, -0.05) is 0 Å². The summed E-state index contributed by atoms with van der Waals surface area (Å²) in [6, 6.07) is 5.74. The zero-order valence-electron chi connectivity index (χ0n) is 19.9. The molecule has 5 rings (SSSR count). The zero-order chi connectivity index (χ0) is 26.3. The number of fused-ring (bicyclic) bond motifs is 1. The van der Waals surface area contributed by atoms with Crippen molar-refractivity contribution in [3.05, 3.63) is 75.9 Å². The topological polar surface area (TPSA) is 117 Å². The van der Waals surface area contributed by atoms with Crippen molar-refractivity contribution >= 4 is 17.4 Å². The minimum atomic E-state index is -0.907. The second-order valence-corrected chi connectivity index (χ2v) is 8.64. The van der Waals surface area contributed by atoms with Crippen LogP contribution in [0.5, 0.6) is 0 Å². The Hall–Kier alpha value is -4.39. The molecular formula is C24H22F2N6O5. The molecule has 0 saturated carbocycles. The summed E-state index contributed by atoms with van der Waals surface area (Å²) >= 11 is 0. The summed E-state index contributed by atoms with van der Waals surface area (Å²) < 4.78 is 44.4. The normalized spacial score (nSPS) is 15.8. The third kappa shape index (κ3) is 4.60. The van der Waals surface area contributed by atoms with Gasteiger partial charge in [0.1, 0.15) is 29.7 Å². The number of nitrogens with zero attached hydrogens (tertiary/aromatic N) is 6. The standard InChI is InChI=1S/C24H22F2N6O5/c1-14-3-4-30-20(10-17-13-29(5-6-37-17)24(33)36-2)23(28-21(30)7-14)22-18(25)8-15(9-19(22)26)31-12-16(11-27-31)32(34)35/h3-4,7-9,11-12,17H,5-6,10,13H2,1-2H3. The van der Waals surface area contributed by atoms with E-state index in [0.29, 0.717) is 24.5 Å². The lowest BCUT2D eigenvalue weighted by atomic mass is 10.0. The second-order valence-electron chi connectivity index (χ2n) is 8.64. The van der Waals surface area contributed by atoms with Gasteiger partial charge in [-0.3, -0.25) is 10.1 Å². The number of aryl methyl sites for hydroxylation is 1. The molecule has 3 aromatic heterocycles. The lowest BCUT2D eigenvalue weighted by Crippen LogP contribution is -2.46. The summed E-state index contributed by atoms with van der Waals surface area (Å²) in [6.07, 6.45) is 3.12. The molecule has 4 heterocycles. The summed E-state index contributed by atoms with van der Waals surface area (Å²) in [5.74, 6) is -1.81. The summed E-state index contributed by atoms with van der Waals surface area (Å²) in [6.45, 7) is 2.79. The first kappa shape index (κ1) is 24.3. The average molecular weight is 512 g/mol. The van der Waals surface area contributed by atoms with E-state index >= 15 is 8.78 Å². The van der Waals surface area contributed by atoms with Crippen molar-refractivity contribution in [2.75, 3.05) is 26.8 Å². The number of aromatic nitrogens is 4. The maximum absolute atomic E-state index is 15.5. The van der Waals surface area contributed by atoms with E-state index in [2.05, 4.69) is 10.1 Å². The number of rotatable bonds is 5. The molecule has 1 atom stereocenters. The largest absolute Gasteiger partial charge is 0.453 e. The molecule has 1 aliphatic heterocycles. The minimum Gasteiger partial charge on any atom is -0.453 e. The fraction of sp³-hybridized carbons (Fsp3) is 0.292. The highest BCUT2D eigenvalue weighted by Crippen LogP contribution is 2.33. The van der Waals surface area contributed by atoms with Crippen molar-refractivity contribution in [1.29, 1.82) is 0 Å². The maximum atomic E-state index is 15.5. The number of halogens is 2. The van der Waals surface area contributed by atoms with E-state index in [9.17, 15) is 14.9 Å². The third-order valence-electron chi connectivity index (χ3n) is 6.18. The Bertz CT molecular complexity index is 1490. The van der Waals surface area contributed by atoms with Crippen LogP contribution >= 0.6 is 0 Å². The third-order valence-corrected chi connectivity index (χ3v) is 6.18. The van der Waals surface area contributed by atoms with Gasteiger partial charge in [0.15, 0.2) is 0 Å².